The maximum atomic E-state index is 13.4. The fraction of sp³-hybridized carbons (Fsp3) is 0.0833. The summed E-state index contributed by atoms with van der Waals surface area (Å²) < 4.78 is 0.655. The largest absolute Gasteiger partial charge is 0.503 e. The number of Topliss-reactive ketones (excluding diaryl/α,β-unsaturated/α-hetero) is 1. The number of ketones is 1. The van der Waals surface area contributed by atoms with E-state index in [1.54, 1.807) is 35.7 Å². The van der Waals surface area contributed by atoms with E-state index in [4.69, 9.17) is 23.2 Å². The number of carbonyl (C=O) groups is 2. The summed E-state index contributed by atoms with van der Waals surface area (Å²) in [6.07, 6.45) is 0. The molecule has 0 bridgehead atoms. The van der Waals surface area contributed by atoms with Gasteiger partial charge in [0, 0.05) is 5.75 Å². The zero-order valence-corrected chi connectivity index (χ0v) is 21.7. The fourth-order valence-corrected chi connectivity index (χ4v) is 6.46. The first-order valence-corrected chi connectivity index (χ1v) is 13.7. The van der Waals surface area contributed by atoms with E-state index in [2.05, 4.69) is 10.2 Å². The Morgan fingerprint density at radius 2 is 1.86 bits per heavy atom. The number of anilines is 1. The molecule has 3 heterocycles. The second kappa shape index (κ2) is 10.1. The van der Waals surface area contributed by atoms with Crippen LogP contribution in [0.3, 0.4) is 0 Å². The average molecular weight is 561 g/mol. The van der Waals surface area contributed by atoms with Gasteiger partial charge in [0.2, 0.25) is 10.9 Å². The van der Waals surface area contributed by atoms with Crippen LogP contribution in [-0.2, 0) is 10.5 Å². The summed E-state index contributed by atoms with van der Waals surface area (Å²) in [4.78, 5) is 28.3. The Bertz CT molecular complexity index is 1440. The molecule has 5 rings (SSSR count). The monoisotopic (exact) mass is 559 g/mol. The number of thioether (sulfide) groups is 1. The molecule has 0 fully saturated rings. The summed E-state index contributed by atoms with van der Waals surface area (Å²) in [5.41, 5.74) is 1.61. The Hall–Kier alpha value is -2.69. The van der Waals surface area contributed by atoms with Crippen LogP contribution in [0.15, 0.2) is 81.7 Å². The van der Waals surface area contributed by atoms with Crippen molar-refractivity contribution in [1.82, 2.24) is 10.2 Å². The maximum Gasteiger partial charge on any atom is 0.296 e. The molecule has 1 atom stereocenters. The van der Waals surface area contributed by atoms with Crippen molar-refractivity contribution in [2.45, 2.75) is 16.1 Å². The topological polar surface area (TPSA) is 83.4 Å². The van der Waals surface area contributed by atoms with E-state index >= 15 is 0 Å². The number of amides is 1. The minimum Gasteiger partial charge on any atom is -0.503 e. The Morgan fingerprint density at radius 3 is 2.57 bits per heavy atom. The van der Waals surface area contributed by atoms with Gasteiger partial charge < -0.3 is 5.11 Å². The number of rotatable bonds is 7. The maximum absolute atomic E-state index is 13.4. The highest BCUT2D eigenvalue weighted by atomic mass is 35.5. The first-order chi connectivity index (χ1) is 16.9. The van der Waals surface area contributed by atoms with Crippen molar-refractivity contribution < 1.29 is 14.7 Å². The van der Waals surface area contributed by atoms with Crippen LogP contribution in [0, 0.1) is 0 Å². The number of aliphatic hydroxyl groups is 1. The lowest BCUT2D eigenvalue weighted by molar-refractivity contribution is -0.117. The molecule has 6 nitrogen and oxygen atoms in total. The zero-order chi connectivity index (χ0) is 24.5. The minimum absolute atomic E-state index is 0.0375. The summed E-state index contributed by atoms with van der Waals surface area (Å²) in [6, 6.07) is 17.2. The molecule has 0 saturated heterocycles. The summed E-state index contributed by atoms with van der Waals surface area (Å²) in [6.45, 7) is 0. The number of nitrogens with zero attached hydrogens (tertiary/aromatic N) is 3. The van der Waals surface area contributed by atoms with Crippen molar-refractivity contribution in [2.75, 3.05) is 4.90 Å². The predicted octanol–water partition coefficient (Wildman–Crippen LogP) is 6.98. The van der Waals surface area contributed by atoms with E-state index in [1.807, 2.05) is 30.3 Å². The van der Waals surface area contributed by atoms with Gasteiger partial charge in [-0.25, -0.2) is 0 Å². The van der Waals surface area contributed by atoms with Gasteiger partial charge in [-0.05, 0) is 34.7 Å². The van der Waals surface area contributed by atoms with E-state index in [9.17, 15) is 14.7 Å². The molecule has 1 unspecified atom stereocenters. The van der Waals surface area contributed by atoms with Crippen molar-refractivity contribution in [1.29, 1.82) is 0 Å². The van der Waals surface area contributed by atoms with Crippen molar-refractivity contribution >= 4 is 74.5 Å². The number of hydrogen-bond donors (Lipinski definition) is 1. The lowest BCUT2D eigenvalue weighted by Crippen LogP contribution is -2.31. The van der Waals surface area contributed by atoms with Crippen molar-refractivity contribution in [3.05, 3.63) is 103 Å². The van der Waals surface area contributed by atoms with Gasteiger partial charge in [0.15, 0.2) is 10.1 Å². The van der Waals surface area contributed by atoms with Gasteiger partial charge in [-0.2, -0.15) is 0 Å². The van der Waals surface area contributed by atoms with E-state index in [-0.39, 0.29) is 15.7 Å². The van der Waals surface area contributed by atoms with Gasteiger partial charge in [0.25, 0.3) is 5.91 Å². The van der Waals surface area contributed by atoms with Crippen LogP contribution in [0.4, 0.5) is 5.13 Å². The molecule has 4 aromatic rings. The van der Waals surface area contributed by atoms with Crippen LogP contribution in [-0.4, -0.2) is 27.0 Å². The van der Waals surface area contributed by atoms with Crippen LogP contribution in [0.25, 0.3) is 0 Å². The third-order valence-corrected chi connectivity index (χ3v) is 9.00. The zero-order valence-electron chi connectivity index (χ0n) is 17.7. The first kappa shape index (κ1) is 24.0. The summed E-state index contributed by atoms with van der Waals surface area (Å²) in [5.74, 6) is -1.09. The smallest absolute Gasteiger partial charge is 0.296 e. The van der Waals surface area contributed by atoms with E-state index in [0.29, 0.717) is 25.6 Å². The van der Waals surface area contributed by atoms with E-state index < -0.39 is 23.5 Å². The summed E-state index contributed by atoms with van der Waals surface area (Å²) in [7, 11) is 0. The Morgan fingerprint density at radius 1 is 1.06 bits per heavy atom. The van der Waals surface area contributed by atoms with Gasteiger partial charge in [-0.1, -0.05) is 88.8 Å². The lowest BCUT2D eigenvalue weighted by atomic mass is 9.95. The quantitative estimate of drug-likeness (QED) is 0.149. The SMILES string of the molecule is O=C(C1=C(O)C(=O)N(c2nnc(SCc3ccccc3)s2)C1c1ccc(Cl)c(Cl)c1)c1cccs1. The molecule has 2 aromatic carbocycles. The van der Waals surface area contributed by atoms with E-state index in [1.165, 1.54) is 39.3 Å². The highest BCUT2D eigenvalue weighted by Crippen LogP contribution is 2.45. The number of aromatic nitrogens is 2. The van der Waals surface area contributed by atoms with Crippen molar-refractivity contribution in [3.63, 3.8) is 0 Å². The Balaban J connectivity index is 1.52. The van der Waals surface area contributed by atoms with Crippen LogP contribution >= 0.6 is 57.6 Å². The summed E-state index contributed by atoms with van der Waals surface area (Å²) >= 11 is 16.3. The normalized spacial score (nSPS) is 15.8. The highest BCUT2D eigenvalue weighted by Gasteiger charge is 2.46. The highest BCUT2D eigenvalue weighted by molar-refractivity contribution is 8.00. The lowest BCUT2D eigenvalue weighted by Gasteiger charge is -2.24. The average Bonchev–Trinajstić information content (AvgIpc) is 3.61. The molecule has 1 aliphatic rings. The third kappa shape index (κ3) is 4.74. The molecule has 2 aromatic heterocycles. The molecule has 11 heteroatoms. The van der Waals surface area contributed by atoms with Crippen LogP contribution in [0.2, 0.25) is 10.0 Å². The molecule has 176 valence electrons. The molecule has 1 amide bonds. The molecule has 0 spiro atoms. The third-order valence-electron chi connectivity index (χ3n) is 5.26. The summed E-state index contributed by atoms with van der Waals surface area (Å²) in [5, 5.41) is 21.9. The molecule has 1 aliphatic heterocycles. The van der Waals surface area contributed by atoms with Gasteiger partial charge in [0.1, 0.15) is 0 Å². The number of carbonyl (C=O) groups excluding carboxylic acids is 2. The molecule has 35 heavy (non-hydrogen) atoms. The number of aliphatic hydroxyl groups excluding tert-OH is 1. The number of benzene rings is 2. The second-order valence-electron chi connectivity index (χ2n) is 7.44. The van der Waals surface area contributed by atoms with Crippen LogP contribution < -0.4 is 4.90 Å². The Kier molecular flexibility index (Phi) is 6.95. The number of thiophene rings is 1. The molecule has 0 radical (unpaired) electrons. The fourth-order valence-electron chi connectivity index (χ4n) is 3.65. The minimum atomic E-state index is -0.938. The van der Waals surface area contributed by atoms with Gasteiger partial charge in [0.05, 0.1) is 26.5 Å². The van der Waals surface area contributed by atoms with Gasteiger partial charge in [-0.3, -0.25) is 14.5 Å². The number of halogens is 2. The second-order valence-corrected chi connectivity index (χ2v) is 11.4. The van der Waals surface area contributed by atoms with Crippen LogP contribution in [0.5, 0.6) is 0 Å². The van der Waals surface area contributed by atoms with Gasteiger partial charge in [-0.15, -0.1) is 21.5 Å². The van der Waals surface area contributed by atoms with E-state index in [0.717, 1.165) is 5.56 Å². The van der Waals surface area contributed by atoms with Crippen molar-refractivity contribution in [2.24, 2.45) is 0 Å². The van der Waals surface area contributed by atoms with Gasteiger partial charge >= 0.3 is 0 Å². The molecule has 1 N–H and O–H groups in total. The molecule has 0 saturated carbocycles. The standard InChI is InChI=1S/C24H15Cl2N3O3S3/c25-15-9-8-14(11-16(15)26)19-18(20(30)17-7-4-10-33-17)21(31)22(32)29(19)23-27-28-24(35-23)34-12-13-5-2-1-3-6-13/h1-11,19,31H,12H2. The molecular formula is C24H15Cl2N3O3S3. The number of hydrogen-bond acceptors (Lipinski definition) is 8. The Labute approximate surface area is 222 Å². The van der Waals surface area contributed by atoms with Crippen molar-refractivity contribution in [3.8, 4) is 0 Å². The van der Waals surface area contributed by atoms with Crippen LogP contribution in [0.1, 0.15) is 26.8 Å². The first-order valence-electron chi connectivity index (χ1n) is 10.2. The molecular weight excluding hydrogens is 545 g/mol. The predicted molar refractivity (Wildman–Crippen MR) is 141 cm³/mol. The molecule has 0 aliphatic carbocycles.